The Bertz CT molecular complexity index is 1310. The van der Waals surface area contributed by atoms with E-state index in [2.05, 4.69) is 10.2 Å². The van der Waals surface area contributed by atoms with E-state index >= 15 is 0 Å². The molecule has 2 aromatic heterocycles. The van der Waals surface area contributed by atoms with Crippen molar-refractivity contribution >= 4 is 0 Å². The second-order valence-electron chi connectivity index (χ2n) is 7.98. The van der Waals surface area contributed by atoms with Crippen molar-refractivity contribution in [2.45, 2.75) is 19.8 Å². The van der Waals surface area contributed by atoms with Crippen LogP contribution in [-0.2, 0) is 17.1 Å². The van der Waals surface area contributed by atoms with Crippen LogP contribution in [-0.4, -0.2) is 29.8 Å². The second kappa shape index (κ2) is 9.59. The molecule has 0 spiro atoms. The van der Waals surface area contributed by atoms with Crippen LogP contribution in [0.4, 0.5) is 0 Å². The normalized spacial score (nSPS) is 10.9. The van der Waals surface area contributed by atoms with Gasteiger partial charge in [0.1, 0.15) is 0 Å². The molecule has 2 heterocycles. The third kappa shape index (κ3) is 4.00. The van der Waals surface area contributed by atoms with Crippen molar-refractivity contribution in [2.75, 3.05) is 0 Å². The van der Waals surface area contributed by atoms with Gasteiger partial charge in [0.2, 0.25) is 11.8 Å². The van der Waals surface area contributed by atoms with Gasteiger partial charge in [0.25, 0.3) is 0 Å². The van der Waals surface area contributed by atoms with Crippen LogP contribution < -0.4 is 0 Å². The summed E-state index contributed by atoms with van der Waals surface area (Å²) in [4.78, 5) is 0. The molecule has 0 aliphatic heterocycles. The first kappa shape index (κ1) is 23.4. The molecular weight excluding hydrogens is 476 g/mol. The van der Waals surface area contributed by atoms with E-state index in [-0.39, 0.29) is 28.8 Å². The van der Waals surface area contributed by atoms with E-state index in [4.69, 9.17) is 0 Å². The minimum absolute atomic E-state index is 0. The molecule has 5 rings (SSSR count). The third-order valence-electron chi connectivity index (χ3n) is 5.87. The van der Waals surface area contributed by atoms with Gasteiger partial charge in [-0.25, -0.2) is 9.36 Å². The van der Waals surface area contributed by atoms with Gasteiger partial charge in [-0.15, -0.1) is 0 Å². The van der Waals surface area contributed by atoms with Gasteiger partial charge >= 0.3 is 0 Å². The van der Waals surface area contributed by atoms with E-state index in [0.717, 1.165) is 16.9 Å². The quantitative estimate of drug-likeness (QED) is 0.323. The Morgan fingerprint density at radius 2 is 0.941 bits per heavy atom. The Balaban J connectivity index is 0.00000274. The maximum atomic E-state index is 11.4. The summed E-state index contributed by atoms with van der Waals surface area (Å²) in [5, 5.41) is 32.0. The number of nitrogens with zero attached hydrogens (tertiary/aromatic N) is 4. The first-order valence-corrected chi connectivity index (χ1v) is 10.8. The average molecular weight is 500 g/mol. The summed E-state index contributed by atoms with van der Waals surface area (Å²) >= 11 is 0. The van der Waals surface area contributed by atoms with E-state index in [0.29, 0.717) is 22.5 Å². The fourth-order valence-electron chi connectivity index (χ4n) is 4.35. The monoisotopic (exact) mass is 499 g/mol. The maximum Gasteiger partial charge on any atom is 0.218 e. The van der Waals surface area contributed by atoms with Crippen LogP contribution >= 0.6 is 0 Å². The number of para-hydroxylation sites is 2. The molecule has 2 N–H and O–H groups in total. The van der Waals surface area contributed by atoms with Gasteiger partial charge in [-0.2, -0.15) is 10.2 Å². The first-order valence-electron chi connectivity index (χ1n) is 10.8. The zero-order valence-corrected chi connectivity index (χ0v) is 19.7. The Kier molecular flexibility index (Phi) is 6.59. The number of rotatable bonds is 5. The topological polar surface area (TPSA) is 76.1 Å². The molecule has 0 saturated heterocycles. The fraction of sp³-hybridized carbons (Fsp3) is 0.111. The number of aromatic hydroxyl groups is 2. The van der Waals surface area contributed by atoms with Crippen molar-refractivity contribution in [1.29, 1.82) is 0 Å². The molecule has 6 nitrogen and oxygen atoms in total. The van der Waals surface area contributed by atoms with Gasteiger partial charge in [0.05, 0.1) is 22.8 Å². The molecule has 0 fully saturated rings. The van der Waals surface area contributed by atoms with Crippen LogP contribution in [0.5, 0.6) is 11.8 Å². The minimum Gasteiger partial charge on any atom is -0.493 e. The van der Waals surface area contributed by atoms with Gasteiger partial charge in [0.15, 0.2) is 0 Å². The van der Waals surface area contributed by atoms with Crippen molar-refractivity contribution in [3.63, 3.8) is 0 Å². The fourth-order valence-corrected chi connectivity index (χ4v) is 4.35. The second-order valence-corrected chi connectivity index (χ2v) is 7.98. The van der Waals surface area contributed by atoms with Crippen LogP contribution in [0.15, 0.2) is 91.0 Å². The van der Waals surface area contributed by atoms with Crippen molar-refractivity contribution in [3.8, 4) is 23.1 Å². The van der Waals surface area contributed by atoms with E-state index in [9.17, 15) is 10.2 Å². The van der Waals surface area contributed by atoms with E-state index < -0.39 is 5.92 Å². The molecule has 3 aromatic carbocycles. The molecule has 7 heteroatoms. The molecule has 0 aliphatic carbocycles. The maximum absolute atomic E-state index is 11.4. The SMILES string of the molecule is Cc1nn(-c2ccccc2)c(O)c1C(c1ccccc1)c1c(C)nn(-c2ccccc2)c1O.[Cu]. The van der Waals surface area contributed by atoms with Crippen LogP contribution in [0.1, 0.15) is 34.0 Å². The smallest absolute Gasteiger partial charge is 0.218 e. The van der Waals surface area contributed by atoms with Gasteiger partial charge in [0, 0.05) is 34.1 Å². The van der Waals surface area contributed by atoms with Crippen molar-refractivity contribution < 1.29 is 27.3 Å². The predicted molar refractivity (Wildman–Crippen MR) is 127 cm³/mol. The molecular formula is C27H24CuN4O2. The zero-order valence-electron chi connectivity index (χ0n) is 18.7. The number of benzene rings is 3. The number of aryl methyl sites for hydroxylation is 2. The molecule has 0 saturated carbocycles. The van der Waals surface area contributed by atoms with E-state index in [1.165, 1.54) is 9.36 Å². The minimum atomic E-state index is -0.457. The van der Waals surface area contributed by atoms with Crippen molar-refractivity contribution in [2.24, 2.45) is 0 Å². The van der Waals surface area contributed by atoms with Crippen LogP contribution in [0.2, 0.25) is 0 Å². The van der Waals surface area contributed by atoms with Crippen LogP contribution in [0.3, 0.4) is 0 Å². The van der Waals surface area contributed by atoms with Gasteiger partial charge < -0.3 is 10.2 Å². The first-order chi connectivity index (χ1) is 16.1. The summed E-state index contributed by atoms with van der Waals surface area (Å²) in [6, 6.07) is 28.8. The Hall–Kier alpha value is -3.80. The standard InChI is InChI=1S/C27H24N4O2.Cu/c1-18-23(26(32)30(28-18)21-14-8-4-9-15-21)25(20-12-6-3-7-13-20)24-19(2)29-31(27(24)33)22-16-10-5-11-17-22;/h3-17,25,32-33H,1-2H3;. The van der Waals surface area contributed by atoms with Crippen molar-refractivity contribution in [3.05, 3.63) is 119 Å². The average Bonchev–Trinajstić information content (AvgIpc) is 3.31. The zero-order chi connectivity index (χ0) is 22.9. The van der Waals surface area contributed by atoms with Crippen LogP contribution in [0.25, 0.3) is 11.4 Å². The number of aromatic nitrogens is 4. The summed E-state index contributed by atoms with van der Waals surface area (Å²) < 4.78 is 3.07. The van der Waals surface area contributed by atoms with E-state index in [1.54, 1.807) is 0 Å². The molecule has 0 atom stereocenters. The molecule has 34 heavy (non-hydrogen) atoms. The summed E-state index contributed by atoms with van der Waals surface area (Å²) in [5.74, 6) is -0.376. The molecule has 175 valence electrons. The van der Waals surface area contributed by atoms with Crippen molar-refractivity contribution in [1.82, 2.24) is 19.6 Å². The number of hydrogen-bond donors (Lipinski definition) is 2. The summed E-state index contributed by atoms with van der Waals surface area (Å²) in [7, 11) is 0. The molecule has 0 amide bonds. The van der Waals surface area contributed by atoms with E-state index in [1.807, 2.05) is 105 Å². The molecule has 0 unspecified atom stereocenters. The summed E-state index contributed by atoms with van der Waals surface area (Å²) in [5.41, 5.74) is 5.07. The molecule has 0 aliphatic rings. The molecule has 1 radical (unpaired) electrons. The molecule has 0 bridgehead atoms. The Morgan fingerprint density at radius 3 is 1.32 bits per heavy atom. The van der Waals surface area contributed by atoms with Gasteiger partial charge in [-0.1, -0.05) is 66.7 Å². The van der Waals surface area contributed by atoms with Gasteiger partial charge in [-0.3, -0.25) is 0 Å². The largest absolute Gasteiger partial charge is 0.493 e. The Morgan fingerprint density at radius 1 is 0.588 bits per heavy atom. The number of hydrogen-bond acceptors (Lipinski definition) is 4. The van der Waals surface area contributed by atoms with Gasteiger partial charge in [-0.05, 0) is 43.7 Å². The molecule has 5 aromatic rings. The predicted octanol–water partition coefficient (Wildman–Crippen LogP) is 5.26. The Labute approximate surface area is 208 Å². The summed E-state index contributed by atoms with van der Waals surface area (Å²) in [6.07, 6.45) is 0. The van der Waals surface area contributed by atoms with Crippen LogP contribution in [0, 0.1) is 13.8 Å². The third-order valence-corrected chi connectivity index (χ3v) is 5.87. The summed E-state index contributed by atoms with van der Waals surface area (Å²) in [6.45, 7) is 3.75.